The molecule has 0 saturated heterocycles. The van der Waals surface area contributed by atoms with Crippen LogP contribution in [0.25, 0.3) is 0 Å². The fraction of sp³-hybridized carbons (Fsp3) is 0.901. The topological polar surface area (TPSA) is 69.6 Å². The predicted octanol–water partition coefficient (Wildman–Crippen LogP) is 23.5. The van der Waals surface area contributed by atoms with Crippen LogP contribution in [-0.2, 0) is 4.79 Å². The quantitative estimate of drug-likeness (QED) is 0.0420. The van der Waals surface area contributed by atoms with Crippen LogP contribution in [0.2, 0.25) is 0 Å². The number of nitrogens with one attached hydrogen (secondary N) is 1. The first kappa shape index (κ1) is 73.6. The first-order valence-corrected chi connectivity index (χ1v) is 34.7. The highest BCUT2D eigenvalue weighted by Crippen LogP contribution is 2.19. The minimum atomic E-state index is -0.870. The first-order chi connectivity index (χ1) is 37.2. The highest BCUT2D eigenvalue weighted by molar-refractivity contribution is 5.76. The molecule has 4 heteroatoms. The fourth-order valence-corrected chi connectivity index (χ4v) is 11.1. The van der Waals surface area contributed by atoms with Crippen molar-refractivity contribution in [3.05, 3.63) is 36.5 Å². The van der Waals surface area contributed by atoms with Crippen molar-refractivity contribution in [1.29, 1.82) is 0 Å². The van der Waals surface area contributed by atoms with Gasteiger partial charge >= 0.3 is 0 Å². The van der Waals surface area contributed by atoms with E-state index in [1.807, 2.05) is 6.08 Å². The van der Waals surface area contributed by atoms with Crippen molar-refractivity contribution in [2.24, 2.45) is 0 Å². The zero-order chi connectivity index (χ0) is 54.1. The van der Waals surface area contributed by atoms with Gasteiger partial charge in [0.05, 0.1) is 18.8 Å². The number of aliphatic hydroxyl groups excluding tert-OH is 2. The summed E-state index contributed by atoms with van der Waals surface area (Å²) in [5.41, 5.74) is 0. The van der Waals surface area contributed by atoms with Gasteiger partial charge in [-0.2, -0.15) is 0 Å². The third kappa shape index (κ3) is 63.3. The van der Waals surface area contributed by atoms with E-state index in [0.717, 1.165) is 38.5 Å². The number of unbranched alkanes of at least 4 members (excludes halogenated alkanes) is 54. The van der Waals surface area contributed by atoms with Crippen LogP contribution < -0.4 is 5.32 Å². The Bertz CT molecular complexity index is 1150. The maximum atomic E-state index is 12.5. The van der Waals surface area contributed by atoms with Crippen molar-refractivity contribution >= 4 is 5.91 Å². The van der Waals surface area contributed by atoms with Gasteiger partial charge in [-0.05, 0) is 44.9 Å². The van der Waals surface area contributed by atoms with Gasteiger partial charge < -0.3 is 15.5 Å². The third-order valence-electron chi connectivity index (χ3n) is 16.4. The van der Waals surface area contributed by atoms with Crippen LogP contribution in [0.4, 0.5) is 0 Å². The molecular formula is C71H137NO3. The maximum Gasteiger partial charge on any atom is 0.220 e. The average Bonchev–Trinajstić information content (AvgIpc) is 3.41. The summed E-state index contributed by atoms with van der Waals surface area (Å²) < 4.78 is 0. The Labute approximate surface area is 472 Å². The van der Waals surface area contributed by atoms with Crippen molar-refractivity contribution in [1.82, 2.24) is 5.32 Å². The zero-order valence-corrected chi connectivity index (χ0v) is 51.3. The van der Waals surface area contributed by atoms with E-state index < -0.39 is 12.1 Å². The second-order valence-corrected chi connectivity index (χ2v) is 23.9. The molecule has 0 fully saturated rings. The largest absolute Gasteiger partial charge is 0.394 e. The van der Waals surface area contributed by atoms with Gasteiger partial charge in [0.25, 0.3) is 0 Å². The van der Waals surface area contributed by atoms with Crippen LogP contribution in [0.1, 0.15) is 393 Å². The van der Waals surface area contributed by atoms with Crippen LogP contribution in [0.15, 0.2) is 36.5 Å². The Kier molecular flexibility index (Phi) is 65.6. The Morgan fingerprint density at radius 3 is 0.773 bits per heavy atom. The number of aliphatic hydroxyl groups is 2. The summed E-state index contributed by atoms with van der Waals surface area (Å²) in [4.78, 5) is 12.5. The minimum absolute atomic E-state index is 0.0695. The predicted molar refractivity (Wildman–Crippen MR) is 336 cm³/mol. The van der Waals surface area contributed by atoms with E-state index >= 15 is 0 Å². The van der Waals surface area contributed by atoms with Gasteiger partial charge in [0.1, 0.15) is 0 Å². The van der Waals surface area contributed by atoms with E-state index in [0.29, 0.717) is 6.42 Å². The van der Waals surface area contributed by atoms with Gasteiger partial charge in [0.15, 0.2) is 0 Å². The smallest absolute Gasteiger partial charge is 0.220 e. The monoisotopic (exact) mass is 1050 g/mol. The van der Waals surface area contributed by atoms with Crippen LogP contribution in [0, 0.1) is 0 Å². The SMILES string of the molecule is CCCCCCCCCCCCCCCCCCCCC/C=C/CC/C=C/CC/C=C/C(O)C(CO)NC(=O)CCCCCCCCCCCCCCCCCCCCCCCCCCCCCCCCCCCC. The molecule has 75 heavy (non-hydrogen) atoms. The van der Waals surface area contributed by atoms with Crippen molar-refractivity contribution in [2.45, 2.75) is 405 Å². The lowest BCUT2D eigenvalue weighted by Gasteiger charge is -2.19. The van der Waals surface area contributed by atoms with Gasteiger partial charge in [0, 0.05) is 6.42 Å². The number of hydrogen-bond donors (Lipinski definition) is 3. The number of amides is 1. The molecule has 0 rings (SSSR count). The molecular weight excluding hydrogens is 915 g/mol. The fourth-order valence-electron chi connectivity index (χ4n) is 11.1. The van der Waals surface area contributed by atoms with Gasteiger partial charge in [-0.25, -0.2) is 0 Å². The molecule has 0 saturated carbocycles. The van der Waals surface area contributed by atoms with Crippen LogP contribution in [0.5, 0.6) is 0 Å². The van der Waals surface area contributed by atoms with Gasteiger partial charge in [-0.3, -0.25) is 4.79 Å². The summed E-state index contributed by atoms with van der Waals surface area (Å²) in [5, 5.41) is 23.2. The molecule has 2 atom stereocenters. The second-order valence-electron chi connectivity index (χ2n) is 23.9. The van der Waals surface area contributed by atoms with E-state index in [1.165, 1.54) is 334 Å². The van der Waals surface area contributed by atoms with Crippen LogP contribution >= 0.6 is 0 Å². The molecule has 0 aliphatic heterocycles. The zero-order valence-electron chi connectivity index (χ0n) is 51.3. The second kappa shape index (κ2) is 66.9. The summed E-state index contributed by atoms with van der Waals surface area (Å²) in [6.45, 7) is 4.35. The molecule has 0 aromatic carbocycles. The lowest BCUT2D eigenvalue weighted by molar-refractivity contribution is -0.123. The van der Waals surface area contributed by atoms with E-state index in [1.54, 1.807) is 6.08 Å². The minimum Gasteiger partial charge on any atom is -0.394 e. The summed E-state index contributed by atoms with van der Waals surface area (Å²) >= 11 is 0. The molecule has 0 bridgehead atoms. The Morgan fingerprint density at radius 1 is 0.307 bits per heavy atom. The van der Waals surface area contributed by atoms with Crippen LogP contribution in [-0.4, -0.2) is 34.9 Å². The van der Waals surface area contributed by atoms with E-state index in [2.05, 4.69) is 43.5 Å². The molecule has 0 aliphatic rings. The number of rotatable bonds is 65. The lowest BCUT2D eigenvalue weighted by Crippen LogP contribution is -2.45. The third-order valence-corrected chi connectivity index (χ3v) is 16.4. The number of carbonyl (C=O) groups excluding carboxylic acids is 1. The van der Waals surface area contributed by atoms with Crippen LogP contribution in [0.3, 0.4) is 0 Å². The molecule has 0 heterocycles. The van der Waals surface area contributed by atoms with E-state index in [-0.39, 0.29) is 12.5 Å². The average molecular weight is 1050 g/mol. The summed E-state index contributed by atoms with van der Waals surface area (Å²) in [5.74, 6) is -0.0695. The number of allylic oxidation sites excluding steroid dienone is 5. The van der Waals surface area contributed by atoms with E-state index in [9.17, 15) is 15.0 Å². The maximum absolute atomic E-state index is 12.5. The van der Waals surface area contributed by atoms with Crippen molar-refractivity contribution < 1.29 is 15.0 Å². The Balaban J connectivity index is 3.45. The normalized spacial score (nSPS) is 12.9. The molecule has 0 aliphatic carbocycles. The van der Waals surface area contributed by atoms with Gasteiger partial charge in [-0.1, -0.05) is 378 Å². The molecule has 0 spiro atoms. The summed E-state index contributed by atoms with van der Waals surface area (Å²) in [7, 11) is 0. The Hall–Kier alpha value is -1.39. The molecule has 0 aromatic rings. The molecule has 444 valence electrons. The number of carbonyl (C=O) groups is 1. The van der Waals surface area contributed by atoms with Crippen molar-refractivity contribution in [2.75, 3.05) is 6.61 Å². The first-order valence-electron chi connectivity index (χ1n) is 34.7. The molecule has 0 radical (unpaired) electrons. The molecule has 2 unspecified atom stereocenters. The molecule has 4 nitrogen and oxygen atoms in total. The standard InChI is InChI=1S/C71H137NO3/c1-3-5-7-9-11-13-15-17-19-21-23-25-27-29-31-33-34-35-36-37-39-41-43-45-47-49-51-53-55-57-59-61-63-65-67-71(75)72-69(68-73)70(74)66-64-62-60-58-56-54-52-50-48-46-44-42-40-38-32-30-28-26-24-22-20-18-16-14-12-10-8-6-4-2/h48,50,56,58,64,66,69-70,73-74H,3-47,49,51-55,57,59-63,65,67-68H2,1-2H3,(H,72,75)/b50-48+,58-56+,66-64+. The Morgan fingerprint density at radius 2 is 0.520 bits per heavy atom. The summed E-state index contributed by atoms with van der Waals surface area (Å²) in [6, 6.07) is -0.645. The van der Waals surface area contributed by atoms with Crippen molar-refractivity contribution in [3.63, 3.8) is 0 Å². The van der Waals surface area contributed by atoms with E-state index in [4.69, 9.17) is 0 Å². The molecule has 1 amide bonds. The highest BCUT2D eigenvalue weighted by atomic mass is 16.3. The van der Waals surface area contributed by atoms with Gasteiger partial charge in [-0.15, -0.1) is 0 Å². The summed E-state index contributed by atoms with van der Waals surface area (Å²) in [6.07, 6.45) is 92.4. The van der Waals surface area contributed by atoms with Crippen molar-refractivity contribution in [3.8, 4) is 0 Å². The molecule has 0 aromatic heterocycles. The lowest BCUT2D eigenvalue weighted by atomic mass is 10.0. The highest BCUT2D eigenvalue weighted by Gasteiger charge is 2.18. The number of hydrogen-bond acceptors (Lipinski definition) is 3. The molecule has 3 N–H and O–H groups in total. The van der Waals surface area contributed by atoms with Gasteiger partial charge in [0.2, 0.25) is 5.91 Å².